The number of aliphatic hydroxyl groups excluding tert-OH is 4. The minimum absolute atomic E-state index is 0.372. The van der Waals surface area contributed by atoms with Gasteiger partial charge >= 0.3 is 0 Å². The van der Waals surface area contributed by atoms with E-state index >= 15 is 0 Å². The molecule has 4 unspecified atom stereocenters. The van der Waals surface area contributed by atoms with Crippen LogP contribution in [0.2, 0.25) is 0 Å². The van der Waals surface area contributed by atoms with Crippen molar-refractivity contribution in [1.82, 2.24) is 5.32 Å². The van der Waals surface area contributed by atoms with Crippen LogP contribution in [0.5, 0.6) is 0 Å². The molecular weight excluding hydrogens is 574 g/mol. The molecule has 0 aliphatic rings. The molecule has 0 aliphatic carbocycles. The Balaban J connectivity index is 3.63. The highest BCUT2D eigenvalue weighted by molar-refractivity contribution is 5.80. The lowest BCUT2D eigenvalue weighted by atomic mass is 9.99. The Bertz CT molecular complexity index is 618. The fraction of sp³-hybridized carbons (Fsp3) is 0.975. The number of hydrogen-bond donors (Lipinski definition) is 5. The fourth-order valence-corrected chi connectivity index (χ4v) is 6.52. The number of nitrogens with one attached hydrogen (secondary N) is 1. The molecular formula is C40H81NO5. The van der Waals surface area contributed by atoms with Crippen LogP contribution < -0.4 is 5.32 Å². The minimum atomic E-state index is -1.25. The van der Waals surface area contributed by atoms with Gasteiger partial charge in [0.2, 0.25) is 5.91 Å². The van der Waals surface area contributed by atoms with Gasteiger partial charge in [0.15, 0.2) is 0 Å². The molecule has 0 saturated carbocycles. The fourth-order valence-electron chi connectivity index (χ4n) is 6.52. The first-order valence-electron chi connectivity index (χ1n) is 20.4. The van der Waals surface area contributed by atoms with Crippen molar-refractivity contribution in [2.24, 2.45) is 0 Å². The number of amides is 1. The van der Waals surface area contributed by atoms with Gasteiger partial charge in [0.05, 0.1) is 18.8 Å². The molecule has 4 atom stereocenters. The van der Waals surface area contributed by atoms with Gasteiger partial charge < -0.3 is 25.7 Å². The summed E-state index contributed by atoms with van der Waals surface area (Å²) in [6.45, 7) is 4.01. The summed E-state index contributed by atoms with van der Waals surface area (Å²) in [6, 6.07) is -0.976. The zero-order chi connectivity index (χ0) is 33.9. The third-order valence-corrected chi connectivity index (χ3v) is 9.82. The maximum atomic E-state index is 12.4. The van der Waals surface area contributed by atoms with Crippen molar-refractivity contribution >= 4 is 5.91 Å². The summed E-state index contributed by atoms with van der Waals surface area (Å²) in [5.74, 6) is -0.586. The molecule has 0 aliphatic heterocycles. The van der Waals surface area contributed by atoms with Crippen LogP contribution in [0.15, 0.2) is 0 Å². The van der Waals surface area contributed by atoms with Crippen LogP contribution in [-0.4, -0.2) is 57.3 Å². The second-order valence-electron chi connectivity index (χ2n) is 14.3. The standard InChI is InChI=1S/C40H81NO5/c1-3-5-7-9-11-13-14-15-16-17-18-19-20-21-22-23-24-25-26-28-29-31-33-37(43)39(45)36(35-42)41-40(46)38(44)34-32-30-27-12-10-8-6-4-2/h36-39,42-45H,3-35H2,1-2H3,(H,41,46). The third-order valence-electron chi connectivity index (χ3n) is 9.82. The first-order chi connectivity index (χ1) is 22.5. The van der Waals surface area contributed by atoms with Crippen molar-refractivity contribution in [3.63, 3.8) is 0 Å². The van der Waals surface area contributed by atoms with Gasteiger partial charge in [0, 0.05) is 0 Å². The number of unbranched alkanes of at least 4 members (excludes halogenated alkanes) is 28. The molecule has 0 heterocycles. The predicted octanol–water partition coefficient (Wildman–Crippen LogP) is 10.1. The van der Waals surface area contributed by atoms with Gasteiger partial charge in [0.25, 0.3) is 0 Å². The van der Waals surface area contributed by atoms with Gasteiger partial charge in [-0.05, 0) is 12.8 Å². The van der Waals surface area contributed by atoms with E-state index in [1.165, 1.54) is 154 Å². The second kappa shape index (κ2) is 35.6. The molecule has 0 aromatic rings. The number of aliphatic hydroxyl groups is 4. The van der Waals surface area contributed by atoms with E-state index in [9.17, 15) is 25.2 Å². The predicted molar refractivity (Wildman–Crippen MR) is 196 cm³/mol. The summed E-state index contributed by atoms with van der Waals surface area (Å²) in [6.07, 6.45) is 35.8. The van der Waals surface area contributed by atoms with Gasteiger partial charge in [-0.2, -0.15) is 0 Å². The van der Waals surface area contributed by atoms with Crippen LogP contribution in [0.25, 0.3) is 0 Å². The molecule has 276 valence electrons. The highest BCUT2D eigenvalue weighted by atomic mass is 16.3. The average Bonchev–Trinajstić information content (AvgIpc) is 3.06. The van der Waals surface area contributed by atoms with E-state index in [4.69, 9.17) is 0 Å². The Morgan fingerprint density at radius 2 is 0.739 bits per heavy atom. The highest BCUT2D eigenvalue weighted by Crippen LogP contribution is 2.17. The maximum Gasteiger partial charge on any atom is 0.249 e. The smallest absolute Gasteiger partial charge is 0.249 e. The molecule has 0 rings (SSSR count). The average molecular weight is 656 g/mol. The first kappa shape index (κ1) is 45.3. The van der Waals surface area contributed by atoms with Gasteiger partial charge in [0.1, 0.15) is 12.2 Å². The van der Waals surface area contributed by atoms with Crippen molar-refractivity contribution in [1.29, 1.82) is 0 Å². The Labute approximate surface area is 286 Å². The number of rotatable bonds is 37. The Hall–Kier alpha value is -0.690. The monoisotopic (exact) mass is 656 g/mol. The van der Waals surface area contributed by atoms with Crippen LogP contribution in [0.3, 0.4) is 0 Å². The molecule has 0 radical (unpaired) electrons. The molecule has 0 aromatic heterocycles. The van der Waals surface area contributed by atoms with Gasteiger partial charge in [-0.1, -0.05) is 206 Å². The van der Waals surface area contributed by atoms with E-state index in [-0.39, 0.29) is 0 Å². The highest BCUT2D eigenvalue weighted by Gasteiger charge is 2.28. The van der Waals surface area contributed by atoms with Crippen molar-refractivity contribution < 1.29 is 25.2 Å². The lowest BCUT2D eigenvalue weighted by molar-refractivity contribution is -0.132. The molecule has 5 N–H and O–H groups in total. The van der Waals surface area contributed by atoms with Crippen LogP contribution >= 0.6 is 0 Å². The maximum absolute atomic E-state index is 12.4. The third kappa shape index (κ3) is 29.4. The zero-order valence-corrected chi connectivity index (χ0v) is 30.8. The van der Waals surface area contributed by atoms with Crippen molar-refractivity contribution in [3.05, 3.63) is 0 Å². The molecule has 0 bridgehead atoms. The number of carbonyl (C=O) groups is 1. The Morgan fingerprint density at radius 3 is 1.04 bits per heavy atom. The summed E-state index contributed by atoms with van der Waals surface area (Å²) in [7, 11) is 0. The SMILES string of the molecule is CCCCCCCCCCCCCCCCCCCCCCCCC(O)C(O)C(CO)NC(=O)C(O)CCCCCCCCCC. The lowest BCUT2D eigenvalue weighted by Crippen LogP contribution is -2.53. The zero-order valence-electron chi connectivity index (χ0n) is 30.8. The summed E-state index contributed by atoms with van der Waals surface area (Å²) in [5.41, 5.74) is 0. The molecule has 0 saturated heterocycles. The van der Waals surface area contributed by atoms with Crippen LogP contribution in [0.4, 0.5) is 0 Å². The summed E-state index contributed by atoms with van der Waals surface area (Å²) >= 11 is 0. The van der Waals surface area contributed by atoms with Crippen molar-refractivity contribution in [3.8, 4) is 0 Å². The topological polar surface area (TPSA) is 110 Å². The van der Waals surface area contributed by atoms with Gasteiger partial charge in [-0.3, -0.25) is 4.79 Å². The van der Waals surface area contributed by atoms with E-state index in [1.807, 2.05) is 0 Å². The molecule has 0 fully saturated rings. The van der Waals surface area contributed by atoms with E-state index in [0.29, 0.717) is 12.8 Å². The van der Waals surface area contributed by atoms with Gasteiger partial charge in [-0.25, -0.2) is 0 Å². The normalized spacial score (nSPS) is 14.3. The summed E-state index contributed by atoms with van der Waals surface area (Å²) in [4.78, 5) is 12.4. The van der Waals surface area contributed by atoms with E-state index in [2.05, 4.69) is 19.2 Å². The summed E-state index contributed by atoms with van der Waals surface area (Å²) in [5, 5.41) is 43.4. The number of hydrogen-bond acceptors (Lipinski definition) is 5. The van der Waals surface area contributed by atoms with Crippen molar-refractivity contribution in [2.45, 2.75) is 244 Å². The summed E-state index contributed by atoms with van der Waals surface area (Å²) < 4.78 is 0. The van der Waals surface area contributed by atoms with E-state index in [0.717, 1.165) is 38.5 Å². The van der Waals surface area contributed by atoms with Crippen molar-refractivity contribution in [2.75, 3.05) is 6.61 Å². The lowest BCUT2D eigenvalue weighted by Gasteiger charge is -2.27. The number of carbonyl (C=O) groups excluding carboxylic acids is 1. The van der Waals surface area contributed by atoms with E-state index < -0.39 is 36.9 Å². The Kier molecular flexibility index (Phi) is 35.1. The van der Waals surface area contributed by atoms with Crippen LogP contribution in [-0.2, 0) is 4.79 Å². The minimum Gasteiger partial charge on any atom is -0.394 e. The molecule has 0 aromatic carbocycles. The molecule has 0 spiro atoms. The second-order valence-corrected chi connectivity index (χ2v) is 14.3. The molecule has 1 amide bonds. The van der Waals surface area contributed by atoms with Gasteiger partial charge in [-0.15, -0.1) is 0 Å². The molecule has 46 heavy (non-hydrogen) atoms. The quantitative estimate of drug-likeness (QED) is 0.0428. The largest absolute Gasteiger partial charge is 0.394 e. The van der Waals surface area contributed by atoms with Crippen LogP contribution in [0.1, 0.15) is 219 Å². The molecule has 6 heteroatoms. The molecule has 6 nitrogen and oxygen atoms in total. The van der Waals surface area contributed by atoms with E-state index in [1.54, 1.807) is 0 Å². The Morgan fingerprint density at radius 1 is 0.457 bits per heavy atom. The first-order valence-corrected chi connectivity index (χ1v) is 20.4. The van der Waals surface area contributed by atoms with Crippen LogP contribution in [0, 0.1) is 0 Å².